The van der Waals surface area contributed by atoms with E-state index in [1.807, 2.05) is 0 Å². The summed E-state index contributed by atoms with van der Waals surface area (Å²) < 4.78 is 37.5. The molecule has 1 aromatic carbocycles. The predicted octanol–water partition coefficient (Wildman–Crippen LogP) is 2.76. The van der Waals surface area contributed by atoms with Gasteiger partial charge in [-0.05, 0) is 37.0 Å². The number of anilines is 1. The third kappa shape index (κ3) is 3.38. The summed E-state index contributed by atoms with van der Waals surface area (Å²) in [5.41, 5.74) is -0.606. The van der Waals surface area contributed by atoms with Crippen molar-refractivity contribution in [2.24, 2.45) is 5.92 Å². The first-order valence-corrected chi connectivity index (χ1v) is 5.95. The van der Waals surface area contributed by atoms with Crippen molar-refractivity contribution in [3.8, 4) is 6.07 Å². The number of rotatable bonds is 4. The molecule has 0 saturated heterocycles. The van der Waals surface area contributed by atoms with Gasteiger partial charge in [-0.25, -0.2) is 0 Å². The molecule has 6 heteroatoms. The van der Waals surface area contributed by atoms with Crippen molar-refractivity contribution in [3.05, 3.63) is 29.3 Å². The molecule has 19 heavy (non-hydrogen) atoms. The molecule has 2 rings (SSSR count). The van der Waals surface area contributed by atoms with Crippen LogP contribution in [0, 0.1) is 17.2 Å². The van der Waals surface area contributed by atoms with E-state index in [-0.39, 0.29) is 18.0 Å². The van der Waals surface area contributed by atoms with Crippen molar-refractivity contribution in [2.45, 2.75) is 25.1 Å². The Morgan fingerprint density at radius 2 is 2.11 bits per heavy atom. The number of nitriles is 1. The zero-order valence-corrected chi connectivity index (χ0v) is 10.0. The van der Waals surface area contributed by atoms with E-state index in [0.717, 1.165) is 25.0 Å². The Morgan fingerprint density at radius 1 is 1.42 bits per heavy atom. The molecule has 0 spiro atoms. The molecule has 0 radical (unpaired) electrons. The summed E-state index contributed by atoms with van der Waals surface area (Å²) >= 11 is 0. The summed E-state index contributed by atoms with van der Waals surface area (Å²) in [5.74, 6) is 0.271. The van der Waals surface area contributed by atoms with E-state index in [1.54, 1.807) is 6.07 Å². The van der Waals surface area contributed by atoms with Gasteiger partial charge in [-0.3, -0.25) is 0 Å². The molecule has 0 heterocycles. The van der Waals surface area contributed by atoms with E-state index in [9.17, 15) is 18.3 Å². The Morgan fingerprint density at radius 3 is 2.63 bits per heavy atom. The molecule has 2 N–H and O–H groups in total. The molecule has 1 aliphatic carbocycles. The number of halogens is 3. The highest BCUT2D eigenvalue weighted by Crippen LogP contribution is 2.34. The lowest BCUT2D eigenvalue weighted by molar-refractivity contribution is -0.137. The molecule has 1 unspecified atom stereocenters. The second kappa shape index (κ2) is 5.10. The highest BCUT2D eigenvalue weighted by Gasteiger charge is 2.32. The summed E-state index contributed by atoms with van der Waals surface area (Å²) in [4.78, 5) is 0. The third-order valence-corrected chi connectivity index (χ3v) is 3.14. The molecular formula is C13H13F3N2O. The number of aliphatic hydroxyl groups is 1. The molecule has 0 aliphatic heterocycles. The van der Waals surface area contributed by atoms with Crippen molar-refractivity contribution in [1.82, 2.24) is 0 Å². The number of nitrogens with one attached hydrogen (secondary N) is 1. The molecule has 1 fully saturated rings. The molecular weight excluding hydrogens is 257 g/mol. The van der Waals surface area contributed by atoms with Crippen LogP contribution in [0.2, 0.25) is 0 Å². The second-order valence-electron chi connectivity index (χ2n) is 4.66. The maximum Gasteiger partial charge on any atom is 0.416 e. The van der Waals surface area contributed by atoms with Crippen LogP contribution >= 0.6 is 0 Å². The lowest BCUT2D eigenvalue weighted by atomic mass is 10.1. The average Bonchev–Trinajstić information content (AvgIpc) is 3.18. The van der Waals surface area contributed by atoms with Crippen LogP contribution in [0.25, 0.3) is 0 Å². The Labute approximate surface area is 108 Å². The van der Waals surface area contributed by atoms with Gasteiger partial charge in [0.05, 0.1) is 22.9 Å². The van der Waals surface area contributed by atoms with Gasteiger partial charge >= 0.3 is 6.18 Å². The normalized spacial score (nSPS) is 16.8. The van der Waals surface area contributed by atoms with Crippen molar-refractivity contribution < 1.29 is 18.3 Å². The fraction of sp³-hybridized carbons (Fsp3) is 0.462. The number of aliphatic hydroxyl groups excluding tert-OH is 1. The summed E-state index contributed by atoms with van der Waals surface area (Å²) in [6.45, 7) is 0.241. The van der Waals surface area contributed by atoms with E-state index < -0.39 is 17.8 Å². The van der Waals surface area contributed by atoms with Crippen LogP contribution in [-0.4, -0.2) is 17.8 Å². The standard InChI is InChI=1S/C13H13F3N2O/c14-13(15,16)10-3-4-11(9(5-10)6-17)18-7-12(19)8-1-2-8/h3-5,8,12,18-19H,1-2,7H2. The first-order chi connectivity index (χ1) is 8.91. The highest BCUT2D eigenvalue weighted by molar-refractivity contribution is 5.59. The molecule has 3 nitrogen and oxygen atoms in total. The lowest BCUT2D eigenvalue weighted by Crippen LogP contribution is -2.21. The maximum atomic E-state index is 12.5. The maximum absolute atomic E-state index is 12.5. The van der Waals surface area contributed by atoms with Gasteiger partial charge in [0.25, 0.3) is 0 Å². The van der Waals surface area contributed by atoms with Gasteiger partial charge in [0.1, 0.15) is 6.07 Å². The first-order valence-electron chi connectivity index (χ1n) is 5.95. The van der Waals surface area contributed by atoms with Crippen LogP contribution in [-0.2, 0) is 6.18 Å². The Kier molecular flexibility index (Phi) is 3.67. The third-order valence-electron chi connectivity index (χ3n) is 3.14. The van der Waals surface area contributed by atoms with Crippen LogP contribution in [0.5, 0.6) is 0 Å². The fourth-order valence-corrected chi connectivity index (χ4v) is 1.83. The molecule has 1 saturated carbocycles. The largest absolute Gasteiger partial charge is 0.416 e. The molecule has 0 amide bonds. The molecule has 0 bridgehead atoms. The minimum absolute atomic E-state index is 0.0715. The molecule has 1 atom stereocenters. The fourth-order valence-electron chi connectivity index (χ4n) is 1.83. The minimum Gasteiger partial charge on any atom is -0.391 e. The van der Waals surface area contributed by atoms with Gasteiger partial charge in [-0.1, -0.05) is 0 Å². The molecule has 102 valence electrons. The summed E-state index contributed by atoms with van der Waals surface area (Å²) in [7, 11) is 0. The summed E-state index contributed by atoms with van der Waals surface area (Å²) in [6, 6.07) is 4.69. The van der Waals surface area contributed by atoms with Gasteiger partial charge in [0.2, 0.25) is 0 Å². The van der Waals surface area contributed by atoms with Crippen molar-refractivity contribution in [2.75, 3.05) is 11.9 Å². The van der Waals surface area contributed by atoms with Gasteiger partial charge in [-0.2, -0.15) is 18.4 Å². The Hall–Kier alpha value is -1.74. The summed E-state index contributed by atoms with van der Waals surface area (Å²) in [5, 5.41) is 21.4. The smallest absolute Gasteiger partial charge is 0.391 e. The summed E-state index contributed by atoms with van der Waals surface area (Å²) in [6.07, 6.45) is -3.03. The first kappa shape index (κ1) is 13.7. The van der Waals surface area contributed by atoms with Crippen LogP contribution in [0.4, 0.5) is 18.9 Å². The van der Waals surface area contributed by atoms with Gasteiger partial charge in [0.15, 0.2) is 0 Å². The van der Waals surface area contributed by atoms with E-state index >= 15 is 0 Å². The number of hydrogen-bond donors (Lipinski definition) is 2. The van der Waals surface area contributed by atoms with Gasteiger partial charge < -0.3 is 10.4 Å². The zero-order valence-electron chi connectivity index (χ0n) is 10.0. The van der Waals surface area contributed by atoms with E-state index in [1.165, 1.54) is 6.07 Å². The predicted molar refractivity (Wildman–Crippen MR) is 63.4 cm³/mol. The van der Waals surface area contributed by atoms with Crippen LogP contribution in [0.1, 0.15) is 24.0 Å². The van der Waals surface area contributed by atoms with E-state index in [4.69, 9.17) is 5.26 Å². The molecule has 1 aromatic rings. The van der Waals surface area contributed by atoms with Crippen molar-refractivity contribution >= 4 is 5.69 Å². The second-order valence-corrected chi connectivity index (χ2v) is 4.66. The SMILES string of the molecule is N#Cc1cc(C(F)(F)F)ccc1NCC(O)C1CC1. The van der Waals surface area contributed by atoms with E-state index in [2.05, 4.69) is 5.32 Å². The Bertz CT molecular complexity index is 504. The Balaban J connectivity index is 2.10. The highest BCUT2D eigenvalue weighted by atomic mass is 19.4. The topological polar surface area (TPSA) is 56.0 Å². The van der Waals surface area contributed by atoms with Gasteiger partial charge in [-0.15, -0.1) is 0 Å². The number of alkyl halides is 3. The quantitative estimate of drug-likeness (QED) is 0.884. The van der Waals surface area contributed by atoms with Crippen molar-refractivity contribution in [3.63, 3.8) is 0 Å². The van der Waals surface area contributed by atoms with E-state index in [0.29, 0.717) is 5.69 Å². The number of hydrogen-bond acceptors (Lipinski definition) is 3. The number of nitrogens with zero attached hydrogens (tertiary/aromatic N) is 1. The molecule has 1 aliphatic rings. The van der Waals surface area contributed by atoms with Crippen LogP contribution < -0.4 is 5.32 Å². The zero-order chi connectivity index (χ0) is 14.0. The van der Waals surface area contributed by atoms with Gasteiger partial charge in [0, 0.05) is 6.54 Å². The average molecular weight is 270 g/mol. The van der Waals surface area contributed by atoms with Crippen LogP contribution in [0.3, 0.4) is 0 Å². The lowest BCUT2D eigenvalue weighted by Gasteiger charge is -2.14. The van der Waals surface area contributed by atoms with Crippen LogP contribution in [0.15, 0.2) is 18.2 Å². The molecule has 0 aromatic heterocycles. The minimum atomic E-state index is -4.46. The monoisotopic (exact) mass is 270 g/mol. The van der Waals surface area contributed by atoms with Crippen molar-refractivity contribution in [1.29, 1.82) is 5.26 Å². The number of benzene rings is 1.